The van der Waals surface area contributed by atoms with Crippen LogP contribution in [-0.4, -0.2) is 29.1 Å². The number of carbonyl (C=O) groups is 1. The number of aliphatic hydroxyl groups excluding tert-OH is 1. The minimum atomic E-state index is -0.977. The molecule has 0 fully saturated rings. The van der Waals surface area contributed by atoms with Gasteiger partial charge in [-0.2, -0.15) is 0 Å². The van der Waals surface area contributed by atoms with E-state index in [1.807, 2.05) is 0 Å². The Labute approximate surface area is 90.2 Å². The Morgan fingerprint density at radius 1 is 1.33 bits per heavy atom. The molecule has 4 heteroatoms. The molecule has 0 bridgehead atoms. The van der Waals surface area contributed by atoms with Gasteiger partial charge in [0.25, 0.3) is 0 Å². The Kier molecular flexibility index (Phi) is 5.08. The third kappa shape index (κ3) is 5.91. The van der Waals surface area contributed by atoms with Crippen molar-refractivity contribution < 1.29 is 19.4 Å². The van der Waals surface area contributed by atoms with Crippen LogP contribution in [0.3, 0.4) is 0 Å². The summed E-state index contributed by atoms with van der Waals surface area (Å²) in [5.41, 5.74) is -0.623. The molecule has 0 aromatic heterocycles. The van der Waals surface area contributed by atoms with E-state index in [0.29, 0.717) is 0 Å². The Morgan fingerprint density at radius 3 is 2.20 bits per heavy atom. The molecule has 0 saturated heterocycles. The van der Waals surface area contributed by atoms with Crippen molar-refractivity contribution in [2.75, 3.05) is 0 Å². The summed E-state index contributed by atoms with van der Waals surface area (Å²) in [7, 11) is 0. The fourth-order valence-corrected chi connectivity index (χ4v) is 0.777. The maximum Gasteiger partial charge on any atom is 0.509 e. The molecular formula is C11H18O4. The van der Waals surface area contributed by atoms with Gasteiger partial charge in [0.1, 0.15) is 11.7 Å². The first kappa shape index (κ1) is 13.7. The van der Waals surface area contributed by atoms with Gasteiger partial charge in [0.15, 0.2) is 6.10 Å². The lowest BCUT2D eigenvalue weighted by Gasteiger charge is -2.22. The molecule has 0 aromatic carbocycles. The van der Waals surface area contributed by atoms with E-state index >= 15 is 0 Å². The Morgan fingerprint density at radius 2 is 1.87 bits per heavy atom. The van der Waals surface area contributed by atoms with E-state index in [1.54, 1.807) is 20.8 Å². The molecule has 0 heterocycles. The molecule has 0 radical (unpaired) electrons. The van der Waals surface area contributed by atoms with Crippen molar-refractivity contribution in [1.82, 2.24) is 0 Å². The summed E-state index contributed by atoms with van der Waals surface area (Å²) in [5.74, 6) is 0. The molecule has 86 valence electrons. The monoisotopic (exact) mass is 214 g/mol. The van der Waals surface area contributed by atoms with Crippen LogP contribution in [0.25, 0.3) is 0 Å². The number of rotatable bonds is 4. The van der Waals surface area contributed by atoms with Crippen molar-refractivity contribution in [1.29, 1.82) is 0 Å². The highest BCUT2D eigenvalue weighted by Gasteiger charge is 2.22. The van der Waals surface area contributed by atoms with Crippen LogP contribution in [0.15, 0.2) is 25.3 Å². The van der Waals surface area contributed by atoms with Crippen molar-refractivity contribution in [3.8, 4) is 0 Å². The quantitative estimate of drug-likeness (QED) is 0.574. The van der Waals surface area contributed by atoms with Crippen molar-refractivity contribution in [3.63, 3.8) is 0 Å². The lowest BCUT2D eigenvalue weighted by Crippen LogP contribution is -2.31. The van der Waals surface area contributed by atoms with Gasteiger partial charge < -0.3 is 14.6 Å². The van der Waals surface area contributed by atoms with Crippen molar-refractivity contribution in [3.05, 3.63) is 25.3 Å². The molecule has 0 unspecified atom stereocenters. The molecule has 0 spiro atoms. The fourth-order valence-electron chi connectivity index (χ4n) is 0.777. The van der Waals surface area contributed by atoms with Gasteiger partial charge in [0.2, 0.25) is 0 Å². The number of carbonyl (C=O) groups excluding carboxylic acids is 1. The highest BCUT2D eigenvalue weighted by atomic mass is 16.7. The first-order valence-electron chi connectivity index (χ1n) is 4.63. The van der Waals surface area contributed by atoms with E-state index in [0.717, 1.165) is 0 Å². The Balaban J connectivity index is 4.25. The Bertz CT molecular complexity index is 239. The number of hydrogen-bond acceptors (Lipinski definition) is 4. The minimum absolute atomic E-state index is 0.623. The average molecular weight is 214 g/mol. The van der Waals surface area contributed by atoms with E-state index in [1.165, 1.54) is 12.2 Å². The van der Waals surface area contributed by atoms with Gasteiger partial charge in [0.05, 0.1) is 0 Å². The van der Waals surface area contributed by atoms with Gasteiger partial charge in [-0.15, -0.1) is 6.58 Å². The highest BCUT2D eigenvalue weighted by Crippen LogP contribution is 2.11. The molecule has 0 aromatic rings. The summed E-state index contributed by atoms with van der Waals surface area (Å²) in [6.45, 7) is 12.0. The maximum absolute atomic E-state index is 11.2. The molecule has 0 aliphatic heterocycles. The van der Waals surface area contributed by atoms with Gasteiger partial charge in [-0.1, -0.05) is 12.7 Å². The molecule has 0 saturated carbocycles. The number of hydrogen-bond donors (Lipinski definition) is 1. The summed E-state index contributed by atoms with van der Waals surface area (Å²) in [6, 6.07) is 0. The van der Waals surface area contributed by atoms with Gasteiger partial charge in [0, 0.05) is 0 Å². The molecule has 0 amide bonds. The number of aliphatic hydroxyl groups is 1. The smallest absolute Gasteiger partial charge is 0.429 e. The van der Waals surface area contributed by atoms with Crippen molar-refractivity contribution in [2.45, 2.75) is 38.6 Å². The van der Waals surface area contributed by atoms with Crippen LogP contribution in [-0.2, 0) is 9.47 Å². The topological polar surface area (TPSA) is 55.8 Å². The summed E-state index contributed by atoms with van der Waals surface area (Å²) in [4.78, 5) is 11.2. The third-order valence-electron chi connectivity index (χ3n) is 1.43. The van der Waals surface area contributed by atoms with Gasteiger partial charge >= 0.3 is 6.16 Å². The zero-order chi connectivity index (χ0) is 12.1. The predicted molar refractivity (Wildman–Crippen MR) is 57.5 cm³/mol. The van der Waals surface area contributed by atoms with Gasteiger partial charge in [-0.3, -0.25) is 0 Å². The van der Waals surface area contributed by atoms with Crippen LogP contribution in [0.2, 0.25) is 0 Å². The molecule has 0 rings (SSSR count). The molecule has 15 heavy (non-hydrogen) atoms. The van der Waals surface area contributed by atoms with E-state index in [2.05, 4.69) is 13.2 Å². The zero-order valence-electron chi connectivity index (χ0n) is 9.40. The summed E-state index contributed by atoms with van der Waals surface area (Å²) >= 11 is 0. The van der Waals surface area contributed by atoms with Gasteiger partial charge in [-0.25, -0.2) is 4.79 Å². The SMILES string of the molecule is C=C[C@@H](O)[C@@H](C=C)OC(=O)OC(C)(C)C. The first-order valence-corrected chi connectivity index (χ1v) is 4.63. The summed E-state index contributed by atoms with van der Waals surface area (Å²) < 4.78 is 9.74. The maximum atomic E-state index is 11.2. The van der Waals surface area contributed by atoms with Crippen molar-refractivity contribution >= 4 is 6.16 Å². The average Bonchev–Trinajstić information content (AvgIpc) is 2.10. The standard InChI is InChI=1S/C11H18O4/c1-6-8(12)9(7-2)14-10(13)15-11(3,4)5/h6-9,12H,1-2H2,3-5H3/t8-,9-/m1/s1. The summed E-state index contributed by atoms with van der Waals surface area (Å²) in [5, 5.41) is 9.34. The van der Waals surface area contributed by atoms with Crippen LogP contribution in [0.1, 0.15) is 20.8 Å². The van der Waals surface area contributed by atoms with Gasteiger partial charge in [-0.05, 0) is 26.8 Å². The molecule has 1 N–H and O–H groups in total. The lowest BCUT2D eigenvalue weighted by molar-refractivity contribution is -0.0367. The largest absolute Gasteiger partial charge is 0.509 e. The lowest BCUT2D eigenvalue weighted by atomic mass is 10.2. The second kappa shape index (κ2) is 5.56. The van der Waals surface area contributed by atoms with E-state index in [4.69, 9.17) is 9.47 Å². The second-order valence-electron chi connectivity index (χ2n) is 4.01. The Hall–Kier alpha value is -1.29. The number of ether oxygens (including phenoxy) is 2. The third-order valence-corrected chi connectivity index (χ3v) is 1.43. The fraction of sp³-hybridized carbons (Fsp3) is 0.545. The zero-order valence-corrected chi connectivity index (χ0v) is 9.40. The van der Waals surface area contributed by atoms with E-state index < -0.39 is 24.0 Å². The minimum Gasteiger partial charge on any atom is -0.429 e. The van der Waals surface area contributed by atoms with E-state index in [9.17, 15) is 9.90 Å². The van der Waals surface area contributed by atoms with Crippen LogP contribution < -0.4 is 0 Å². The van der Waals surface area contributed by atoms with Crippen LogP contribution >= 0.6 is 0 Å². The first-order chi connectivity index (χ1) is 6.80. The van der Waals surface area contributed by atoms with E-state index in [-0.39, 0.29) is 0 Å². The van der Waals surface area contributed by atoms with Crippen LogP contribution in [0, 0.1) is 0 Å². The normalized spacial score (nSPS) is 14.9. The highest BCUT2D eigenvalue weighted by molar-refractivity contribution is 5.61. The molecule has 0 aliphatic carbocycles. The molecular weight excluding hydrogens is 196 g/mol. The van der Waals surface area contributed by atoms with Crippen LogP contribution in [0.5, 0.6) is 0 Å². The molecule has 4 nitrogen and oxygen atoms in total. The second-order valence-corrected chi connectivity index (χ2v) is 4.01. The van der Waals surface area contributed by atoms with Crippen molar-refractivity contribution in [2.24, 2.45) is 0 Å². The molecule has 0 aliphatic rings. The molecule has 2 atom stereocenters. The predicted octanol–water partition coefficient (Wildman–Crippen LogP) is 2.04. The summed E-state index contributed by atoms with van der Waals surface area (Å²) in [6.07, 6.45) is -0.0758. The van der Waals surface area contributed by atoms with Crippen LogP contribution in [0.4, 0.5) is 4.79 Å².